The van der Waals surface area contributed by atoms with Crippen LogP contribution in [0.2, 0.25) is 0 Å². The third-order valence-corrected chi connectivity index (χ3v) is 3.66. The minimum Gasteiger partial charge on any atom is -0.383 e. The summed E-state index contributed by atoms with van der Waals surface area (Å²) >= 11 is 0. The smallest absolute Gasteiger partial charge is 0.229 e. The molecule has 22 heavy (non-hydrogen) atoms. The summed E-state index contributed by atoms with van der Waals surface area (Å²) in [7, 11) is 1.54. The number of carbonyl (C=O) groups is 2. The maximum atomic E-state index is 13.5. The molecule has 0 bridgehead atoms. The number of nitrogens with one attached hydrogen (secondary N) is 1. The Labute approximate surface area is 127 Å². The van der Waals surface area contributed by atoms with Crippen molar-refractivity contribution in [1.82, 2.24) is 4.90 Å². The fourth-order valence-corrected chi connectivity index (χ4v) is 2.49. The van der Waals surface area contributed by atoms with E-state index in [0.29, 0.717) is 12.7 Å². The summed E-state index contributed by atoms with van der Waals surface area (Å²) < 4.78 is 31.4. The Bertz CT molecular complexity index is 580. The summed E-state index contributed by atoms with van der Waals surface area (Å²) in [6.07, 6.45) is 0.0721. The van der Waals surface area contributed by atoms with Gasteiger partial charge in [-0.3, -0.25) is 9.59 Å². The summed E-state index contributed by atoms with van der Waals surface area (Å²) in [5.41, 5.74) is -0.0951. The fourth-order valence-electron chi connectivity index (χ4n) is 2.49. The van der Waals surface area contributed by atoms with Crippen molar-refractivity contribution in [1.29, 1.82) is 0 Å². The maximum absolute atomic E-state index is 13.5. The molecule has 2 rings (SSSR count). The molecule has 1 aromatic carbocycles. The highest BCUT2D eigenvalue weighted by molar-refractivity contribution is 5.97. The number of hydrogen-bond donors (Lipinski definition) is 1. The molecule has 5 nitrogen and oxygen atoms in total. The van der Waals surface area contributed by atoms with Gasteiger partial charge in [0.05, 0.1) is 24.3 Å². The van der Waals surface area contributed by atoms with Crippen molar-refractivity contribution in [2.75, 3.05) is 25.6 Å². The predicted molar refractivity (Wildman–Crippen MR) is 76.1 cm³/mol. The van der Waals surface area contributed by atoms with Gasteiger partial charge in [-0.15, -0.1) is 0 Å². The molecule has 2 amide bonds. The first kappa shape index (κ1) is 16.4. The number of rotatable bonds is 5. The number of nitrogens with zero attached hydrogens (tertiary/aromatic N) is 1. The van der Waals surface area contributed by atoms with E-state index in [1.54, 1.807) is 12.0 Å². The van der Waals surface area contributed by atoms with Crippen molar-refractivity contribution in [3.8, 4) is 0 Å². The van der Waals surface area contributed by atoms with E-state index in [-0.39, 0.29) is 30.6 Å². The Morgan fingerprint density at radius 3 is 2.86 bits per heavy atom. The summed E-state index contributed by atoms with van der Waals surface area (Å²) in [6, 6.07) is 2.79. The summed E-state index contributed by atoms with van der Waals surface area (Å²) in [4.78, 5) is 25.7. The van der Waals surface area contributed by atoms with Crippen LogP contribution in [-0.4, -0.2) is 43.0 Å². The molecule has 7 heteroatoms. The van der Waals surface area contributed by atoms with E-state index < -0.39 is 23.5 Å². The van der Waals surface area contributed by atoms with Gasteiger partial charge in [0.25, 0.3) is 0 Å². The minimum absolute atomic E-state index is 0.0721. The van der Waals surface area contributed by atoms with Crippen LogP contribution in [-0.2, 0) is 14.3 Å². The number of halogens is 2. The third kappa shape index (κ3) is 3.59. The number of methoxy groups -OCH3 is 1. The number of hydrogen-bond acceptors (Lipinski definition) is 3. The quantitative estimate of drug-likeness (QED) is 0.902. The standard InChI is InChI=1S/C15H18F2N2O3/c1-9(8-22-2)19-7-10(5-14(19)20)15(21)18-13-4-3-11(16)6-12(13)17/h3-4,6,9-10H,5,7-8H2,1-2H3,(H,18,21)/t9-,10+/m0/s1. The van der Waals surface area contributed by atoms with Crippen molar-refractivity contribution in [2.45, 2.75) is 19.4 Å². The second kappa shape index (κ2) is 6.83. The van der Waals surface area contributed by atoms with Crippen molar-refractivity contribution in [2.24, 2.45) is 5.92 Å². The molecule has 2 atom stereocenters. The third-order valence-electron chi connectivity index (χ3n) is 3.66. The molecule has 0 radical (unpaired) electrons. The number of carbonyl (C=O) groups excluding carboxylic acids is 2. The van der Waals surface area contributed by atoms with Crippen LogP contribution in [0.1, 0.15) is 13.3 Å². The molecule has 120 valence electrons. The highest BCUT2D eigenvalue weighted by Crippen LogP contribution is 2.23. The highest BCUT2D eigenvalue weighted by Gasteiger charge is 2.36. The molecular weight excluding hydrogens is 294 g/mol. The number of ether oxygens (including phenoxy) is 1. The van der Waals surface area contributed by atoms with Crippen LogP contribution in [0.5, 0.6) is 0 Å². The van der Waals surface area contributed by atoms with Gasteiger partial charge in [-0.2, -0.15) is 0 Å². The van der Waals surface area contributed by atoms with Gasteiger partial charge < -0.3 is 15.0 Å². The number of likely N-dealkylation sites (tertiary alicyclic amines) is 1. The van der Waals surface area contributed by atoms with Gasteiger partial charge >= 0.3 is 0 Å². The van der Waals surface area contributed by atoms with Crippen molar-refractivity contribution in [3.63, 3.8) is 0 Å². The molecule has 0 saturated carbocycles. The summed E-state index contributed by atoms with van der Waals surface area (Å²) in [6.45, 7) is 2.48. The first-order chi connectivity index (χ1) is 10.4. The van der Waals surface area contributed by atoms with Gasteiger partial charge in [0.2, 0.25) is 11.8 Å². The fraction of sp³-hybridized carbons (Fsp3) is 0.467. The van der Waals surface area contributed by atoms with Gasteiger partial charge in [-0.25, -0.2) is 8.78 Å². The lowest BCUT2D eigenvalue weighted by atomic mass is 10.1. The van der Waals surface area contributed by atoms with Crippen LogP contribution < -0.4 is 5.32 Å². The van der Waals surface area contributed by atoms with Crippen LogP contribution in [0.25, 0.3) is 0 Å². The van der Waals surface area contributed by atoms with Gasteiger partial charge in [0.1, 0.15) is 11.6 Å². The van der Waals surface area contributed by atoms with E-state index >= 15 is 0 Å². The molecule has 1 N–H and O–H groups in total. The second-order valence-electron chi connectivity index (χ2n) is 5.36. The van der Waals surface area contributed by atoms with Crippen molar-refractivity contribution < 1.29 is 23.1 Å². The minimum atomic E-state index is -0.845. The van der Waals surface area contributed by atoms with Crippen molar-refractivity contribution >= 4 is 17.5 Å². The molecule has 1 aliphatic rings. The Morgan fingerprint density at radius 1 is 1.50 bits per heavy atom. The normalized spacial score (nSPS) is 19.4. The molecule has 0 aromatic heterocycles. The summed E-state index contributed by atoms with van der Waals surface area (Å²) in [5, 5.41) is 2.40. The molecule has 1 saturated heterocycles. The van der Waals surface area contributed by atoms with Gasteiger partial charge in [0, 0.05) is 26.1 Å². The van der Waals surface area contributed by atoms with Gasteiger partial charge in [-0.1, -0.05) is 0 Å². The predicted octanol–water partition coefficient (Wildman–Crippen LogP) is 1.79. The lowest BCUT2D eigenvalue weighted by molar-refractivity contribution is -0.130. The molecule has 1 heterocycles. The lowest BCUT2D eigenvalue weighted by Crippen LogP contribution is -2.38. The Kier molecular flexibility index (Phi) is 5.07. The zero-order valence-electron chi connectivity index (χ0n) is 12.4. The maximum Gasteiger partial charge on any atom is 0.229 e. The molecule has 0 spiro atoms. The van der Waals surface area contributed by atoms with E-state index in [4.69, 9.17) is 4.74 Å². The summed E-state index contributed by atoms with van der Waals surface area (Å²) in [5.74, 6) is -2.71. The second-order valence-corrected chi connectivity index (χ2v) is 5.36. The van der Waals surface area contributed by atoms with Crippen molar-refractivity contribution in [3.05, 3.63) is 29.8 Å². The SMILES string of the molecule is COC[C@H](C)N1C[C@H](C(=O)Nc2ccc(F)cc2F)CC1=O. The molecule has 0 unspecified atom stereocenters. The van der Waals surface area contributed by atoms with Gasteiger partial charge in [0.15, 0.2) is 0 Å². The Balaban J connectivity index is 2.00. The van der Waals surface area contributed by atoms with E-state index in [1.807, 2.05) is 6.92 Å². The lowest BCUT2D eigenvalue weighted by Gasteiger charge is -2.23. The van der Waals surface area contributed by atoms with Crippen LogP contribution in [0, 0.1) is 17.6 Å². The monoisotopic (exact) mass is 312 g/mol. The number of anilines is 1. The average Bonchev–Trinajstić information content (AvgIpc) is 2.84. The Morgan fingerprint density at radius 2 is 2.23 bits per heavy atom. The Hall–Kier alpha value is -2.02. The van der Waals surface area contributed by atoms with E-state index in [9.17, 15) is 18.4 Å². The zero-order chi connectivity index (χ0) is 16.3. The molecule has 1 aromatic rings. The first-order valence-corrected chi connectivity index (χ1v) is 6.96. The average molecular weight is 312 g/mol. The van der Waals surface area contributed by atoms with E-state index in [2.05, 4.69) is 5.32 Å². The number of benzene rings is 1. The van der Waals surface area contributed by atoms with Crippen LogP contribution >= 0.6 is 0 Å². The highest BCUT2D eigenvalue weighted by atomic mass is 19.1. The largest absolute Gasteiger partial charge is 0.383 e. The number of amides is 2. The molecule has 1 aliphatic heterocycles. The van der Waals surface area contributed by atoms with E-state index in [0.717, 1.165) is 12.1 Å². The van der Waals surface area contributed by atoms with Crippen LogP contribution in [0.3, 0.4) is 0 Å². The zero-order valence-corrected chi connectivity index (χ0v) is 12.4. The molecular formula is C15H18F2N2O3. The van der Waals surface area contributed by atoms with E-state index in [1.165, 1.54) is 0 Å². The topological polar surface area (TPSA) is 58.6 Å². The van der Waals surface area contributed by atoms with Crippen LogP contribution in [0.4, 0.5) is 14.5 Å². The van der Waals surface area contributed by atoms with Gasteiger partial charge in [-0.05, 0) is 19.1 Å². The molecule has 0 aliphatic carbocycles. The molecule has 1 fully saturated rings. The van der Waals surface area contributed by atoms with Crippen LogP contribution in [0.15, 0.2) is 18.2 Å². The first-order valence-electron chi connectivity index (χ1n) is 6.96.